The van der Waals surface area contributed by atoms with E-state index in [0.717, 1.165) is 0 Å². The number of carbonyl (C=O) groups is 2. The molecule has 3 amide bonds. The van der Waals surface area contributed by atoms with Crippen molar-refractivity contribution in [1.82, 2.24) is 16.0 Å². The van der Waals surface area contributed by atoms with E-state index in [2.05, 4.69) is 20.9 Å². The molecule has 14 heavy (non-hydrogen) atoms. The Morgan fingerprint density at radius 2 is 1.93 bits per heavy atom. The lowest BCUT2D eigenvalue weighted by molar-refractivity contribution is -0.117. The van der Waals surface area contributed by atoms with Gasteiger partial charge in [0.25, 0.3) is 0 Å². The highest BCUT2D eigenvalue weighted by Gasteiger charge is 2.07. The molecule has 3 N–H and O–H groups in total. The molecular weight excluding hydrogens is 204 g/mol. The molecule has 0 saturated heterocycles. The number of rotatable bonds is 2. The summed E-state index contributed by atoms with van der Waals surface area (Å²) < 4.78 is 0. The molecule has 0 aromatic rings. The van der Waals surface area contributed by atoms with Gasteiger partial charge < -0.3 is 10.6 Å². The normalized spacial score (nSPS) is 10.6. The van der Waals surface area contributed by atoms with Crippen LogP contribution in [0.5, 0.6) is 0 Å². The number of aliphatic imine (C=N–C) groups is 1. The van der Waals surface area contributed by atoms with Crippen LogP contribution in [-0.4, -0.2) is 44.0 Å². The van der Waals surface area contributed by atoms with E-state index >= 15 is 0 Å². The largest absolute Gasteiger partial charge is 0.368 e. The lowest BCUT2D eigenvalue weighted by atomic mass is 10.7. The van der Waals surface area contributed by atoms with E-state index in [1.807, 2.05) is 0 Å². The minimum absolute atomic E-state index is 0.154. The Morgan fingerprint density at radius 3 is 2.36 bits per heavy atom. The first kappa shape index (κ1) is 12.8. The van der Waals surface area contributed by atoms with Crippen LogP contribution in [0.3, 0.4) is 0 Å². The first-order valence-corrected chi connectivity index (χ1v) is 4.91. The van der Waals surface area contributed by atoms with Crippen LogP contribution in [0, 0.1) is 0 Å². The van der Waals surface area contributed by atoms with E-state index in [-0.39, 0.29) is 11.7 Å². The van der Waals surface area contributed by atoms with E-state index in [1.54, 1.807) is 14.1 Å². The van der Waals surface area contributed by atoms with Crippen LogP contribution in [0.1, 0.15) is 0 Å². The van der Waals surface area contributed by atoms with Crippen molar-refractivity contribution in [2.75, 3.05) is 26.9 Å². The lowest BCUT2D eigenvalue weighted by Gasteiger charge is -2.04. The molecule has 0 aliphatic carbocycles. The third-order valence-electron chi connectivity index (χ3n) is 1.24. The third-order valence-corrected chi connectivity index (χ3v) is 2.30. The molecule has 0 rings (SSSR count). The van der Waals surface area contributed by atoms with Gasteiger partial charge in [0.15, 0.2) is 5.17 Å². The second kappa shape index (κ2) is 7.19. The summed E-state index contributed by atoms with van der Waals surface area (Å²) in [5.74, 6) is -0.202. The van der Waals surface area contributed by atoms with E-state index in [9.17, 15) is 9.59 Å². The van der Waals surface area contributed by atoms with Crippen LogP contribution in [-0.2, 0) is 4.79 Å². The summed E-state index contributed by atoms with van der Waals surface area (Å²) in [6.07, 6.45) is 0. The van der Waals surface area contributed by atoms with Crippen LogP contribution < -0.4 is 16.0 Å². The van der Waals surface area contributed by atoms with Gasteiger partial charge in [-0.2, -0.15) is 0 Å². The second-order valence-electron chi connectivity index (χ2n) is 2.19. The van der Waals surface area contributed by atoms with Crippen LogP contribution in [0.25, 0.3) is 0 Å². The van der Waals surface area contributed by atoms with Crippen LogP contribution in [0.4, 0.5) is 4.79 Å². The number of urea groups is 1. The van der Waals surface area contributed by atoms with E-state index < -0.39 is 6.03 Å². The zero-order valence-electron chi connectivity index (χ0n) is 8.38. The fourth-order valence-electron chi connectivity index (χ4n) is 0.608. The van der Waals surface area contributed by atoms with Gasteiger partial charge >= 0.3 is 6.03 Å². The zero-order valence-corrected chi connectivity index (χ0v) is 9.20. The zero-order chi connectivity index (χ0) is 11.0. The van der Waals surface area contributed by atoms with Crippen molar-refractivity contribution in [3.63, 3.8) is 0 Å². The smallest absolute Gasteiger partial charge is 0.321 e. The van der Waals surface area contributed by atoms with Gasteiger partial charge in [0.2, 0.25) is 5.91 Å². The van der Waals surface area contributed by atoms with Crippen molar-refractivity contribution < 1.29 is 9.59 Å². The molecule has 0 unspecified atom stereocenters. The molecule has 0 radical (unpaired) electrons. The number of hydrogen-bond donors (Lipinski definition) is 3. The van der Waals surface area contributed by atoms with E-state index in [0.29, 0.717) is 5.17 Å². The standard InChI is InChI=1S/C7H14N4O2S/c1-8-6(13)11-5(12)4-14-7(9-2)10-3/h4H2,1-3H3,(H,9,10)(H2,8,11,12,13). The first-order valence-electron chi connectivity index (χ1n) is 3.93. The number of hydrogen-bond acceptors (Lipinski definition) is 4. The Hall–Kier alpha value is -1.24. The maximum atomic E-state index is 11.1. The van der Waals surface area contributed by atoms with E-state index in [4.69, 9.17) is 0 Å². The van der Waals surface area contributed by atoms with Crippen molar-refractivity contribution in [3.05, 3.63) is 0 Å². The number of amidine groups is 1. The highest BCUT2D eigenvalue weighted by molar-refractivity contribution is 8.14. The minimum Gasteiger partial charge on any atom is -0.368 e. The Morgan fingerprint density at radius 1 is 1.29 bits per heavy atom. The average Bonchev–Trinajstić information content (AvgIpc) is 2.19. The Labute approximate surface area is 86.9 Å². The first-order chi connectivity index (χ1) is 6.63. The number of carbonyl (C=O) groups excluding carboxylic acids is 2. The third kappa shape index (κ3) is 5.41. The summed E-state index contributed by atoms with van der Waals surface area (Å²) >= 11 is 1.23. The molecule has 0 atom stereocenters. The maximum absolute atomic E-state index is 11.1. The summed E-state index contributed by atoms with van der Waals surface area (Å²) in [4.78, 5) is 25.6. The topological polar surface area (TPSA) is 82.6 Å². The number of nitrogens with zero attached hydrogens (tertiary/aromatic N) is 1. The quantitative estimate of drug-likeness (QED) is 0.426. The fraction of sp³-hybridized carbons (Fsp3) is 0.571. The van der Waals surface area contributed by atoms with Crippen LogP contribution >= 0.6 is 11.8 Å². The van der Waals surface area contributed by atoms with Crippen molar-refractivity contribution in [1.29, 1.82) is 0 Å². The molecule has 0 aliphatic heterocycles. The summed E-state index contributed by atoms with van der Waals surface area (Å²) in [6.45, 7) is 0. The van der Waals surface area contributed by atoms with Gasteiger partial charge in [0.05, 0.1) is 5.75 Å². The molecule has 0 saturated carbocycles. The van der Waals surface area contributed by atoms with Crippen LogP contribution in [0.15, 0.2) is 4.99 Å². The lowest BCUT2D eigenvalue weighted by Crippen LogP contribution is -2.38. The summed E-state index contributed by atoms with van der Waals surface area (Å²) in [7, 11) is 4.78. The minimum atomic E-state index is -0.505. The van der Waals surface area contributed by atoms with E-state index in [1.165, 1.54) is 18.8 Å². The molecule has 80 valence electrons. The summed E-state index contributed by atoms with van der Waals surface area (Å²) in [6, 6.07) is -0.505. The van der Waals surface area contributed by atoms with Crippen molar-refractivity contribution in [2.24, 2.45) is 4.99 Å². The Balaban J connectivity index is 3.79. The summed E-state index contributed by atoms with van der Waals surface area (Å²) in [5, 5.41) is 7.88. The molecular formula is C7H14N4O2S. The van der Waals surface area contributed by atoms with Gasteiger partial charge in [0.1, 0.15) is 0 Å². The van der Waals surface area contributed by atoms with Gasteiger partial charge in [-0.15, -0.1) is 0 Å². The molecule has 0 spiro atoms. The predicted molar refractivity (Wildman–Crippen MR) is 57.5 cm³/mol. The molecule has 0 aromatic heterocycles. The van der Waals surface area contributed by atoms with Gasteiger partial charge in [-0.1, -0.05) is 11.8 Å². The molecule has 0 heterocycles. The van der Waals surface area contributed by atoms with Gasteiger partial charge in [-0.05, 0) is 0 Å². The van der Waals surface area contributed by atoms with Gasteiger partial charge in [-0.25, -0.2) is 4.79 Å². The van der Waals surface area contributed by atoms with Gasteiger partial charge in [0, 0.05) is 21.1 Å². The number of amides is 3. The van der Waals surface area contributed by atoms with Gasteiger partial charge in [-0.3, -0.25) is 15.1 Å². The number of imide groups is 1. The summed E-state index contributed by atoms with van der Waals surface area (Å²) in [5.41, 5.74) is 0. The molecule has 6 nitrogen and oxygen atoms in total. The molecule has 0 aliphatic rings. The van der Waals surface area contributed by atoms with Crippen molar-refractivity contribution in [2.45, 2.75) is 0 Å². The highest BCUT2D eigenvalue weighted by atomic mass is 32.2. The number of thioether (sulfide) groups is 1. The molecule has 7 heteroatoms. The fourth-order valence-corrected chi connectivity index (χ4v) is 1.22. The molecule has 0 bridgehead atoms. The van der Waals surface area contributed by atoms with Crippen molar-refractivity contribution in [3.8, 4) is 0 Å². The molecule has 0 fully saturated rings. The van der Waals surface area contributed by atoms with Crippen LogP contribution in [0.2, 0.25) is 0 Å². The number of nitrogens with one attached hydrogen (secondary N) is 3. The highest BCUT2D eigenvalue weighted by Crippen LogP contribution is 1.99. The Bertz CT molecular complexity index is 242. The monoisotopic (exact) mass is 218 g/mol. The molecule has 0 aromatic carbocycles. The van der Waals surface area contributed by atoms with Crippen molar-refractivity contribution >= 4 is 28.9 Å². The predicted octanol–water partition coefficient (Wildman–Crippen LogP) is -0.620. The second-order valence-corrected chi connectivity index (χ2v) is 3.16. The Kier molecular flexibility index (Phi) is 6.55. The SMILES string of the molecule is CN=C(NC)SCC(=O)NC(=O)NC. The maximum Gasteiger partial charge on any atom is 0.321 e. The average molecular weight is 218 g/mol.